The molecule has 0 aliphatic carbocycles. The molecular weight excluding hydrogens is 420 g/mol. The fourth-order valence-corrected chi connectivity index (χ4v) is 5.31. The zero-order valence-corrected chi connectivity index (χ0v) is 17.6. The Morgan fingerprint density at radius 2 is 1.93 bits per heavy atom. The van der Waals surface area contributed by atoms with Gasteiger partial charge in [-0.15, -0.1) is 11.8 Å². The number of benzene rings is 2. The number of rotatable bonds is 5. The van der Waals surface area contributed by atoms with Crippen LogP contribution in [0.4, 0.5) is 11.4 Å². The normalized spacial score (nSPS) is 17.4. The summed E-state index contributed by atoms with van der Waals surface area (Å²) in [5.74, 6) is -1.67. The van der Waals surface area contributed by atoms with Gasteiger partial charge in [0.05, 0.1) is 21.6 Å². The number of carbonyl (C=O) groups is 2. The Kier molecular flexibility index (Phi) is 6.02. The summed E-state index contributed by atoms with van der Waals surface area (Å²) in [6, 6.07) is 11.2. The van der Waals surface area contributed by atoms with E-state index in [1.165, 1.54) is 23.9 Å². The van der Waals surface area contributed by atoms with Crippen LogP contribution in [-0.4, -0.2) is 31.2 Å². The van der Waals surface area contributed by atoms with E-state index in [1.54, 1.807) is 44.2 Å². The summed E-state index contributed by atoms with van der Waals surface area (Å²) in [5.41, 5.74) is 1.02. The SMILES string of the molecule is C[C@H](CS(=O)(=O)c1ccc2c(c1)NC(=O)[C@H](C)S2)C(=O)Nc1ccc(Cl)cc1. The van der Waals surface area contributed by atoms with Gasteiger partial charge in [-0.25, -0.2) is 8.42 Å². The zero-order valence-electron chi connectivity index (χ0n) is 15.2. The second-order valence-corrected chi connectivity index (χ2v) is 10.4. The Morgan fingerprint density at radius 3 is 2.61 bits per heavy atom. The summed E-state index contributed by atoms with van der Waals surface area (Å²) in [6.07, 6.45) is 0. The number of fused-ring (bicyclic) bond motifs is 1. The molecule has 0 spiro atoms. The lowest BCUT2D eigenvalue weighted by atomic mass is 10.2. The number of hydrogen-bond donors (Lipinski definition) is 2. The topological polar surface area (TPSA) is 92.3 Å². The molecule has 0 fully saturated rings. The van der Waals surface area contributed by atoms with E-state index in [0.29, 0.717) is 16.4 Å². The predicted octanol–water partition coefficient (Wildman–Crippen LogP) is 3.82. The summed E-state index contributed by atoms with van der Waals surface area (Å²) in [5, 5.41) is 5.71. The maximum Gasteiger partial charge on any atom is 0.237 e. The highest BCUT2D eigenvalue weighted by Crippen LogP contribution is 2.37. The highest BCUT2D eigenvalue weighted by atomic mass is 35.5. The van der Waals surface area contributed by atoms with Crippen molar-refractivity contribution in [1.29, 1.82) is 0 Å². The summed E-state index contributed by atoms with van der Waals surface area (Å²) in [6.45, 7) is 3.34. The molecule has 2 amide bonds. The first-order valence-electron chi connectivity index (χ1n) is 8.56. The first kappa shape index (κ1) is 20.7. The molecule has 6 nitrogen and oxygen atoms in total. The van der Waals surface area contributed by atoms with Crippen LogP contribution in [0.2, 0.25) is 5.02 Å². The molecule has 148 valence electrons. The van der Waals surface area contributed by atoms with Crippen molar-refractivity contribution < 1.29 is 18.0 Å². The van der Waals surface area contributed by atoms with Crippen molar-refractivity contribution in [3.8, 4) is 0 Å². The minimum absolute atomic E-state index is 0.0767. The minimum atomic E-state index is -3.71. The molecule has 0 radical (unpaired) electrons. The Balaban J connectivity index is 1.72. The van der Waals surface area contributed by atoms with E-state index < -0.39 is 21.7 Å². The second kappa shape index (κ2) is 8.14. The van der Waals surface area contributed by atoms with Gasteiger partial charge in [0.25, 0.3) is 0 Å². The largest absolute Gasteiger partial charge is 0.326 e. The van der Waals surface area contributed by atoms with Gasteiger partial charge >= 0.3 is 0 Å². The smallest absolute Gasteiger partial charge is 0.237 e. The third-order valence-corrected chi connectivity index (χ3v) is 7.61. The number of amides is 2. The molecule has 2 atom stereocenters. The lowest BCUT2D eigenvalue weighted by molar-refractivity contribution is -0.119. The third kappa shape index (κ3) is 4.68. The van der Waals surface area contributed by atoms with Crippen LogP contribution in [0.25, 0.3) is 0 Å². The Bertz CT molecular complexity index is 1020. The molecule has 1 aliphatic rings. The van der Waals surface area contributed by atoms with Crippen LogP contribution in [-0.2, 0) is 19.4 Å². The average molecular weight is 439 g/mol. The van der Waals surface area contributed by atoms with Crippen LogP contribution < -0.4 is 10.6 Å². The van der Waals surface area contributed by atoms with E-state index >= 15 is 0 Å². The summed E-state index contributed by atoms with van der Waals surface area (Å²) in [7, 11) is -3.71. The van der Waals surface area contributed by atoms with Crippen LogP contribution in [0.1, 0.15) is 13.8 Å². The number of hydrogen-bond acceptors (Lipinski definition) is 5. The molecule has 1 heterocycles. The second-order valence-electron chi connectivity index (χ2n) is 6.59. The quantitative estimate of drug-likeness (QED) is 0.740. The lowest BCUT2D eigenvalue weighted by Crippen LogP contribution is -2.28. The monoisotopic (exact) mass is 438 g/mol. The predicted molar refractivity (Wildman–Crippen MR) is 112 cm³/mol. The molecule has 3 rings (SSSR count). The van der Waals surface area contributed by atoms with Crippen LogP contribution in [0.5, 0.6) is 0 Å². The van der Waals surface area contributed by atoms with Crippen LogP contribution in [0.15, 0.2) is 52.3 Å². The molecule has 0 aromatic heterocycles. The van der Waals surface area contributed by atoms with Crippen molar-refractivity contribution in [3.63, 3.8) is 0 Å². The van der Waals surface area contributed by atoms with Crippen molar-refractivity contribution in [2.45, 2.75) is 28.9 Å². The molecule has 9 heteroatoms. The number of anilines is 2. The van der Waals surface area contributed by atoms with Gasteiger partial charge in [-0.2, -0.15) is 0 Å². The van der Waals surface area contributed by atoms with Crippen molar-refractivity contribution in [1.82, 2.24) is 0 Å². The molecule has 0 saturated carbocycles. The molecular formula is C19H19ClN2O4S2. The van der Waals surface area contributed by atoms with Gasteiger partial charge in [-0.3, -0.25) is 9.59 Å². The van der Waals surface area contributed by atoms with Gasteiger partial charge in [0.15, 0.2) is 9.84 Å². The Hall–Kier alpha value is -2.03. The first-order chi connectivity index (χ1) is 13.2. The molecule has 0 unspecified atom stereocenters. The van der Waals surface area contributed by atoms with E-state index in [1.807, 2.05) is 0 Å². The highest BCUT2D eigenvalue weighted by Gasteiger charge is 2.27. The maximum atomic E-state index is 12.8. The standard InChI is InChI=1S/C19H19ClN2O4S2/c1-11(18(23)21-14-5-3-13(20)4-6-14)10-28(25,26)15-7-8-17-16(9-15)22-19(24)12(2)27-17/h3-9,11-12H,10H2,1-2H3,(H,21,23)(H,22,24)/t11-,12+/m1/s1. The number of halogens is 1. The van der Waals surface area contributed by atoms with Gasteiger partial charge in [0, 0.05) is 21.5 Å². The van der Waals surface area contributed by atoms with Crippen molar-refractivity contribution in [3.05, 3.63) is 47.5 Å². The van der Waals surface area contributed by atoms with Gasteiger partial charge in [0.2, 0.25) is 11.8 Å². The van der Waals surface area contributed by atoms with Gasteiger partial charge in [-0.05, 0) is 49.4 Å². The molecule has 2 N–H and O–H groups in total. The van der Waals surface area contributed by atoms with Crippen molar-refractivity contribution in [2.75, 3.05) is 16.4 Å². The number of carbonyl (C=O) groups excluding carboxylic acids is 2. The number of nitrogens with one attached hydrogen (secondary N) is 2. The van der Waals surface area contributed by atoms with Crippen LogP contribution in [0.3, 0.4) is 0 Å². The van der Waals surface area contributed by atoms with Crippen molar-refractivity contribution >= 4 is 56.4 Å². The molecule has 1 aliphatic heterocycles. The highest BCUT2D eigenvalue weighted by molar-refractivity contribution is 8.01. The van der Waals surface area contributed by atoms with Gasteiger partial charge in [0.1, 0.15) is 0 Å². The summed E-state index contributed by atoms with van der Waals surface area (Å²) >= 11 is 7.19. The fraction of sp³-hybridized carbons (Fsp3) is 0.263. The average Bonchev–Trinajstić information content (AvgIpc) is 2.63. The van der Waals surface area contributed by atoms with E-state index in [2.05, 4.69) is 10.6 Å². The minimum Gasteiger partial charge on any atom is -0.326 e. The maximum absolute atomic E-state index is 12.8. The number of sulfone groups is 1. The molecule has 0 saturated heterocycles. The van der Waals surface area contributed by atoms with E-state index in [-0.39, 0.29) is 21.8 Å². The van der Waals surface area contributed by atoms with Crippen LogP contribution >= 0.6 is 23.4 Å². The number of thioether (sulfide) groups is 1. The molecule has 2 aromatic rings. The van der Waals surface area contributed by atoms with E-state index in [4.69, 9.17) is 11.6 Å². The molecule has 2 aromatic carbocycles. The van der Waals surface area contributed by atoms with Gasteiger partial charge < -0.3 is 10.6 Å². The van der Waals surface area contributed by atoms with Crippen molar-refractivity contribution in [2.24, 2.45) is 5.92 Å². The fourth-order valence-electron chi connectivity index (χ4n) is 2.68. The Labute approximate surface area is 173 Å². The van der Waals surface area contributed by atoms with E-state index in [0.717, 1.165) is 4.90 Å². The summed E-state index contributed by atoms with van der Waals surface area (Å²) < 4.78 is 25.5. The van der Waals surface area contributed by atoms with Crippen LogP contribution in [0, 0.1) is 5.92 Å². The first-order valence-corrected chi connectivity index (χ1v) is 11.5. The Morgan fingerprint density at radius 1 is 1.25 bits per heavy atom. The molecule has 28 heavy (non-hydrogen) atoms. The van der Waals surface area contributed by atoms with Gasteiger partial charge in [-0.1, -0.05) is 18.5 Å². The van der Waals surface area contributed by atoms with E-state index in [9.17, 15) is 18.0 Å². The zero-order chi connectivity index (χ0) is 20.5. The lowest BCUT2D eigenvalue weighted by Gasteiger charge is -2.22. The molecule has 0 bridgehead atoms. The third-order valence-electron chi connectivity index (χ3n) is 4.27. The summed E-state index contributed by atoms with van der Waals surface area (Å²) in [4.78, 5) is 25.1.